The molecule has 2 bridgehead atoms. The van der Waals surface area contributed by atoms with E-state index in [1.54, 1.807) is 17.7 Å². The van der Waals surface area contributed by atoms with Crippen molar-refractivity contribution in [1.82, 2.24) is 19.3 Å². The van der Waals surface area contributed by atoms with Gasteiger partial charge in [-0.05, 0) is 62.8 Å². The highest BCUT2D eigenvalue weighted by atomic mass is 35.5. The van der Waals surface area contributed by atoms with Crippen molar-refractivity contribution in [3.05, 3.63) is 56.6 Å². The molecule has 12 heteroatoms. The molecular weight excluding hydrogens is 516 g/mol. The zero-order valence-electron chi connectivity index (χ0n) is 21.3. The van der Waals surface area contributed by atoms with Gasteiger partial charge in [0, 0.05) is 25.2 Å². The number of aryl methyl sites for hydroxylation is 1. The topological polar surface area (TPSA) is 126 Å². The number of rotatable bonds is 7. The second kappa shape index (κ2) is 8.70. The van der Waals surface area contributed by atoms with Crippen LogP contribution in [0, 0.1) is 12.8 Å². The van der Waals surface area contributed by atoms with Crippen molar-refractivity contribution in [2.45, 2.75) is 44.7 Å². The minimum Gasteiger partial charge on any atom is -0.377 e. The normalized spacial score (nSPS) is 21.1. The monoisotopic (exact) mass is 544 g/mol. The van der Waals surface area contributed by atoms with E-state index in [1.165, 1.54) is 6.07 Å². The summed E-state index contributed by atoms with van der Waals surface area (Å²) in [6.45, 7) is 3.79. The maximum absolute atomic E-state index is 13.4. The largest absolute Gasteiger partial charge is 0.377 e. The molecule has 1 aromatic carbocycles. The highest BCUT2D eigenvalue weighted by molar-refractivity contribution is 7.89. The molecule has 3 aliphatic rings. The molecule has 10 nitrogen and oxygen atoms in total. The molecule has 3 aromatic rings. The van der Waals surface area contributed by atoms with Crippen LogP contribution in [0.2, 0.25) is 5.15 Å². The number of fused-ring (bicyclic) bond motifs is 1. The number of aromatic nitrogens is 3. The Labute approximate surface area is 220 Å². The zero-order chi connectivity index (χ0) is 26.9. The van der Waals surface area contributed by atoms with Crippen LogP contribution >= 0.6 is 11.6 Å². The Hall–Kier alpha value is -3.18. The molecule has 3 fully saturated rings. The summed E-state index contributed by atoms with van der Waals surface area (Å²) in [7, 11) is -0.0501. The highest BCUT2D eigenvalue weighted by Gasteiger charge is 2.59. The van der Waals surface area contributed by atoms with Crippen molar-refractivity contribution < 1.29 is 13.2 Å². The molecule has 0 spiro atoms. The van der Waals surface area contributed by atoms with Gasteiger partial charge in [0.15, 0.2) is 5.69 Å². The first kappa shape index (κ1) is 25.5. The van der Waals surface area contributed by atoms with Crippen LogP contribution < -0.4 is 20.5 Å². The Kier molecular flexibility index (Phi) is 5.99. The van der Waals surface area contributed by atoms with E-state index in [-0.39, 0.29) is 21.9 Å². The van der Waals surface area contributed by atoms with Crippen LogP contribution in [-0.2, 0) is 17.1 Å². The SMILES string of the molecule is Cc1cc([C@@H](C)Nc2ccc(Cl)nc2C(=O)NS(C)(=O)=O)c2nc(N(C)C34CC(C3)C4)n(C)c(=O)c2c1. The molecule has 2 aromatic heterocycles. The number of benzene rings is 1. The number of nitrogens with one attached hydrogen (secondary N) is 2. The van der Waals surface area contributed by atoms with E-state index in [0.717, 1.165) is 42.6 Å². The van der Waals surface area contributed by atoms with E-state index in [4.69, 9.17) is 16.6 Å². The number of hydrogen-bond donors (Lipinski definition) is 2. The Morgan fingerprint density at radius 3 is 2.51 bits per heavy atom. The summed E-state index contributed by atoms with van der Waals surface area (Å²) in [6, 6.07) is 6.45. The van der Waals surface area contributed by atoms with Crippen molar-refractivity contribution in [1.29, 1.82) is 0 Å². The molecule has 0 radical (unpaired) electrons. The minimum absolute atomic E-state index is 0.0457. The highest BCUT2D eigenvalue weighted by Crippen LogP contribution is 2.60. The molecule has 37 heavy (non-hydrogen) atoms. The van der Waals surface area contributed by atoms with Crippen LogP contribution in [0.1, 0.15) is 53.8 Å². The van der Waals surface area contributed by atoms with Gasteiger partial charge in [0.25, 0.3) is 11.5 Å². The first-order valence-electron chi connectivity index (χ1n) is 12.0. The number of amides is 1. The van der Waals surface area contributed by atoms with Crippen LogP contribution in [0.5, 0.6) is 0 Å². The summed E-state index contributed by atoms with van der Waals surface area (Å²) in [5.74, 6) is 0.502. The third kappa shape index (κ3) is 4.44. The number of nitrogens with zero attached hydrogens (tertiary/aromatic N) is 4. The number of carbonyl (C=O) groups is 1. The second-order valence-electron chi connectivity index (χ2n) is 10.4. The molecule has 0 unspecified atom stereocenters. The summed E-state index contributed by atoms with van der Waals surface area (Å²) >= 11 is 6.00. The Balaban J connectivity index is 1.57. The Morgan fingerprint density at radius 2 is 1.92 bits per heavy atom. The van der Waals surface area contributed by atoms with Gasteiger partial charge < -0.3 is 10.2 Å². The zero-order valence-corrected chi connectivity index (χ0v) is 22.9. The Bertz CT molecular complexity index is 1600. The van der Waals surface area contributed by atoms with E-state index in [9.17, 15) is 18.0 Å². The number of carbonyl (C=O) groups excluding carboxylic acids is 1. The quantitative estimate of drug-likeness (QED) is 0.434. The van der Waals surface area contributed by atoms with Crippen LogP contribution in [0.15, 0.2) is 29.1 Å². The lowest BCUT2D eigenvalue weighted by Crippen LogP contribution is -2.68. The molecule has 0 saturated heterocycles. The van der Waals surface area contributed by atoms with E-state index in [2.05, 4.69) is 15.2 Å². The van der Waals surface area contributed by atoms with Crippen LogP contribution in [0.3, 0.4) is 0 Å². The third-order valence-electron chi connectivity index (χ3n) is 7.54. The molecule has 196 valence electrons. The fourth-order valence-corrected chi connectivity index (χ4v) is 6.06. The average Bonchev–Trinajstić information content (AvgIpc) is 2.73. The number of hydrogen-bond acceptors (Lipinski definition) is 8. The average molecular weight is 545 g/mol. The summed E-state index contributed by atoms with van der Waals surface area (Å²) in [5.41, 5.74) is 2.33. The lowest BCUT2D eigenvalue weighted by Gasteiger charge is -2.65. The summed E-state index contributed by atoms with van der Waals surface area (Å²) < 4.78 is 26.8. The van der Waals surface area contributed by atoms with Gasteiger partial charge in [0.2, 0.25) is 16.0 Å². The first-order chi connectivity index (χ1) is 17.3. The first-order valence-corrected chi connectivity index (χ1v) is 14.3. The molecule has 0 aliphatic heterocycles. The van der Waals surface area contributed by atoms with Crippen LogP contribution in [0.4, 0.5) is 11.6 Å². The molecule has 3 aliphatic carbocycles. The van der Waals surface area contributed by atoms with E-state index in [1.807, 2.05) is 37.7 Å². The van der Waals surface area contributed by atoms with Gasteiger partial charge in [-0.25, -0.2) is 23.1 Å². The fraction of sp³-hybridized carbons (Fsp3) is 0.440. The lowest BCUT2D eigenvalue weighted by molar-refractivity contribution is -0.0223. The summed E-state index contributed by atoms with van der Waals surface area (Å²) in [4.78, 5) is 37.3. The maximum Gasteiger partial charge on any atom is 0.285 e. The summed E-state index contributed by atoms with van der Waals surface area (Å²) in [6.07, 6.45) is 4.26. The smallest absolute Gasteiger partial charge is 0.285 e. The Morgan fingerprint density at radius 1 is 1.24 bits per heavy atom. The summed E-state index contributed by atoms with van der Waals surface area (Å²) in [5, 5.41) is 3.79. The van der Waals surface area contributed by atoms with Crippen molar-refractivity contribution in [2.24, 2.45) is 13.0 Å². The van der Waals surface area contributed by atoms with Crippen molar-refractivity contribution in [3.63, 3.8) is 0 Å². The third-order valence-corrected chi connectivity index (χ3v) is 8.31. The van der Waals surface area contributed by atoms with Gasteiger partial charge in [-0.3, -0.25) is 14.2 Å². The lowest BCUT2D eigenvalue weighted by atomic mass is 9.49. The van der Waals surface area contributed by atoms with Crippen LogP contribution in [-0.4, -0.2) is 47.7 Å². The van der Waals surface area contributed by atoms with Crippen molar-refractivity contribution in [3.8, 4) is 0 Å². The van der Waals surface area contributed by atoms with Crippen LogP contribution in [0.25, 0.3) is 10.9 Å². The second-order valence-corrected chi connectivity index (χ2v) is 12.5. The van der Waals surface area contributed by atoms with Crippen molar-refractivity contribution in [2.75, 3.05) is 23.5 Å². The molecular formula is C25H29ClN6O4S. The molecule has 1 amide bonds. The molecule has 2 heterocycles. The fourth-order valence-electron chi connectivity index (χ4n) is 5.48. The maximum atomic E-state index is 13.4. The van der Waals surface area contributed by atoms with E-state index >= 15 is 0 Å². The molecule has 3 saturated carbocycles. The van der Waals surface area contributed by atoms with Crippen molar-refractivity contribution >= 4 is 50.1 Å². The standard InChI is InChI=1S/C25H29ClN6O4S/c1-13-8-16(14(2)27-18-6-7-19(26)28-21(18)22(33)30-37(5,35)36)20-17(9-13)23(34)31(3)24(29-20)32(4)25-10-15(11-25)12-25/h6-9,14-15,27H,10-12H2,1-5H3,(H,30,33)/t14-,15?,25?/m1/s1. The molecule has 2 N–H and O–H groups in total. The number of pyridine rings is 1. The number of anilines is 2. The van der Waals surface area contributed by atoms with Gasteiger partial charge in [0.1, 0.15) is 5.15 Å². The van der Waals surface area contributed by atoms with Gasteiger partial charge >= 0.3 is 0 Å². The van der Waals surface area contributed by atoms with Gasteiger partial charge in [-0.1, -0.05) is 17.7 Å². The predicted octanol–water partition coefficient (Wildman–Crippen LogP) is 3.14. The van der Waals surface area contributed by atoms with Gasteiger partial charge in [-0.2, -0.15) is 0 Å². The molecule has 6 rings (SSSR count). The van der Waals surface area contributed by atoms with Gasteiger partial charge in [0.05, 0.1) is 28.9 Å². The van der Waals surface area contributed by atoms with E-state index in [0.29, 0.717) is 22.5 Å². The predicted molar refractivity (Wildman–Crippen MR) is 144 cm³/mol. The minimum atomic E-state index is -3.81. The number of halogens is 1. The van der Waals surface area contributed by atoms with Gasteiger partial charge in [-0.15, -0.1) is 0 Å². The number of sulfonamides is 1. The molecule has 1 atom stereocenters. The van der Waals surface area contributed by atoms with E-state index < -0.39 is 22.0 Å².